The van der Waals surface area contributed by atoms with Gasteiger partial charge in [-0.2, -0.15) is 5.26 Å². The molecule has 0 saturated carbocycles. The molecule has 0 aromatic carbocycles. The molecule has 104 valence electrons. The molecule has 0 atom stereocenters. The second-order valence-electron chi connectivity index (χ2n) is 4.98. The maximum Gasteiger partial charge on any atom is 0.316 e. The maximum absolute atomic E-state index is 11.2. The Morgan fingerprint density at radius 2 is 2.35 bits per heavy atom. The van der Waals surface area contributed by atoms with Crippen molar-refractivity contribution >= 4 is 23.4 Å². The molecule has 20 heavy (non-hydrogen) atoms. The van der Waals surface area contributed by atoms with Gasteiger partial charge in [-0.15, -0.1) is 0 Å². The first kappa shape index (κ1) is 13.3. The number of fused-ring (bicyclic) bond motifs is 2. The van der Waals surface area contributed by atoms with E-state index in [4.69, 9.17) is 0 Å². The van der Waals surface area contributed by atoms with Gasteiger partial charge in [-0.3, -0.25) is 4.79 Å². The van der Waals surface area contributed by atoms with Gasteiger partial charge in [0.1, 0.15) is 11.1 Å². The second-order valence-corrected chi connectivity index (χ2v) is 5.95. The van der Waals surface area contributed by atoms with Crippen LogP contribution >= 0.6 is 11.8 Å². The van der Waals surface area contributed by atoms with Gasteiger partial charge in [-0.05, 0) is 18.9 Å². The summed E-state index contributed by atoms with van der Waals surface area (Å²) >= 11 is 1.28. The lowest BCUT2D eigenvalue weighted by Crippen LogP contribution is -2.39. The molecule has 3 aliphatic rings. The Hall–Kier alpha value is -1.74. The summed E-state index contributed by atoms with van der Waals surface area (Å²) in [4.78, 5) is 18.2. The fourth-order valence-corrected chi connectivity index (χ4v) is 3.62. The number of methoxy groups -OCH3 is 1. The van der Waals surface area contributed by atoms with Crippen LogP contribution in [0.2, 0.25) is 0 Å². The lowest BCUT2D eigenvalue weighted by molar-refractivity contribution is -0.137. The lowest BCUT2D eigenvalue weighted by Gasteiger charge is -2.41. The number of ether oxygens (including phenoxy) is 1. The molecular weight excluding hydrogens is 274 g/mol. The molecular formula is C14H15N3O2S. The monoisotopic (exact) mass is 289 g/mol. The zero-order valence-corrected chi connectivity index (χ0v) is 12.1. The number of piperidine rings is 1. The van der Waals surface area contributed by atoms with Gasteiger partial charge in [-0.25, -0.2) is 4.98 Å². The Balaban J connectivity index is 1.93. The van der Waals surface area contributed by atoms with Crippen molar-refractivity contribution in [3.8, 4) is 6.07 Å². The van der Waals surface area contributed by atoms with Crippen molar-refractivity contribution in [2.45, 2.75) is 23.8 Å². The van der Waals surface area contributed by atoms with Gasteiger partial charge >= 0.3 is 5.97 Å². The number of nitrogens with zero attached hydrogens (tertiary/aromatic N) is 3. The van der Waals surface area contributed by atoms with Crippen LogP contribution in [-0.4, -0.2) is 36.9 Å². The molecule has 4 rings (SSSR count). The smallest absolute Gasteiger partial charge is 0.316 e. The van der Waals surface area contributed by atoms with Crippen molar-refractivity contribution in [3.63, 3.8) is 0 Å². The topological polar surface area (TPSA) is 66.2 Å². The largest absolute Gasteiger partial charge is 0.468 e. The van der Waals surface area contributed by atoms with Crippen LogP contribution in [0.5, 0.6) is 0 Å². The van der Waals surface area contributed by atoms with Gasteiger partial charge in [0.2, 0.25) is 0 Å². The third-order valence-corrected chi connectivity index (χ3v) is 4.86. The molecule has 1 fully saturated rings. The van der Waals surface area contributed by atoms with E-state index in [1.807, 2.05) is 6.07 Å². The van der Waals surface area contributed by atoms with Crippen molar-refractivity contribution in [1.29, 1.82) is 5.26 Å². The van der Waals surface area contributed by atoms with Gasteiger partial charge in [-0.1, -0.05) is 11.8 Å². The summed E-state index contributed by atoms with van der Waals surface area (Å²) in [7, 11) is 1.36. The van der Waals surface area contributed by atoms with Crippen molar-refractivity contribution in [2.75, 3.05) is 30.9 Å². The van der Waals surface area contributed by atoms with Gasteiger partial charge < -0.3 is 9.64 Å². The third kappa shape index (κ3) is 2.22. The molecule has 1 aromatic rings. The number of nitriles is 1. The average molecular weight is 289 g/mol. The van der Waals surface area contributed by atoms with E-state index in [0.717, 1.165) is 37.3 Å². The van der Waals surface area contributed by atoms with E-state index in [1.54, 1.807) is 0 Å². The molecule has 1 aromatic heterocycles. The predicted molar refractivity (Wildman–Crippen MR) is 75.9 cm³/mol. The zero-order valence-electron chi connectivity index (χ0n) is 11.3. The third-order valence-electron chi connectivity index (χ3n) is 3.89. The summed E-state index contributed by atoms with van der Waals surface area (Å²) < 4.78 is 4.63. The number of aromatic nitrogens is 1. The van der Waals surface area contributed by atoms with Crippen molar-refractivity contribution in [1.82, 2.24) is 4.98 Å². The van der Waals surface area contributed by atoms with E-state index in [2.05, 4.69) is 20.7 Å². The van der Waals surface area contributed by atoms with Crippen LogP contribution in [0.15, 0.2) is 11.1 Å². The number of anilines is 1. The molecule has 0 unspecified atom stereocenters. The number of rotatable bonds is 3. The molecule has 0 radical (unpaired) electrons. The van der Waals surface area contributed by atoms with E-state index < -0.39 is 0 Å². The van der Waals surface area contributed by atoms with E-state index in [1.165, 1.54) is 18.9 Å². The first-order chi connectivity index (χ1) is 9.72. The number of thioether (sulfide) groups is 1. The summed E-state index contributed by atoms with van der Waals surface area (Å²) in [6.07, 6.45) is 2.26. The van der Waals surface area contributed by atoms with Gasteiger partial charge in [0.15, 0.2) is 0 Å². The molecule has 5 nitrogen and oxygen atoms in total. The Bertz CT molecular complexity index is 589. The highest BCUT2D eigenvalue weighted by Gasteiger charge is 2.33. The summed E-state index contributed by atoms with van der Waals surface area (Å²) in [5.74, 6) is 0.384. The highest BCUT2D eigenvalue weighted by molar-refractivity contribution is 7.99. The molecule has 6 heteroatoms. The molecule has 3 aliphatic heterocycles. The minimum atomic E-state index is -0.302. The molecule has 0 amide bonds. The number of carbonyl (C=O) groups excluding carboxylic acids is 1. The number of carbonyl (C=O) groups is 1. The van der Waals surface area contributed by atoms with Crippen molar-refractivity contribution in [3.05, 3.63) is 17.3 Å². The minimum Gasteiger partial charge on any atom is -0.468 e. The summed E-state index contributed by atoms with van der Waals surface area (Å²) in [6, 6.07) is 4.11. The van der Waals surface area contributed by atoms with Crippen LogP contribution in [-0.2, 0) is 9.53 Å². The first-order valence-electron chi connectivity index (χ1n) is 6.62. The normalized spacial score (nSPS) is 16.7. The van der Waals surface area contributed by atoms with Crippen LogP contribution < -0.4 is 4.90 Å². The summed E-state index contributed by atoms with van der Waals surface area (Å²) in [6.45, 7) is 2.11. The van der Waals surface area contributed by atoms with Crippen LogP contribution in [0.1, 0.15) is 30.0 Å². The summed E-state index contributed by atoms with van der Waals surface area (Å²) in [5, 5.41) is 9.92. The zero-order chi connectivity index (χ0) is 14.1. The fourth-order valence-electron chi connectivity index (χ4n) is 2.82. The Morgan fingerprint density at radius 1 is 1.60 bits per heavy atom. The lowest BCUT2D eigenvalue weighted by atomic mass is 9.86. The number of pyridine rings is 1. The fraction of sp³-hybridized carbons (Fsp3) is 0.500. The average Bonchev–Trinajstić information content (AvgIpc) is 2.52. The van der Waals surface area contributed by atoms with E-state index in [0.29, 0.717) is 16.5 Å². The Labute approximate surface area is 121 Å². The highest BCUT2D eigenvalue weighted by atomic mass is 32.2. The van der Waals surface area contributed by atoms with Gasteiger partial charge in [0.25, 0.3) is 0 Å². The Morgan fingerprint density at radius 3 is 3.00 bits per heavy atom. The predicted octanol–water partition coefficient (Wildman–Crippen LogP) is 1.92. The van der Waals surface area contributed by atoms with Crippen LogP contribution in [0.25, 0.3) is 0 Å². The SMILES string of the molecule is COC(=O)CSc1nc2c(cc1C#N)N1CCC2CC1. The van der Waals surface area contributed by atoms with E-state index in [9.17, 15) is 10.1 Å². The molecule has 0 N–H and O–H groups in total. The maximum atomic E-state index is 11.2. The van der Waals surface area contributed by atoms with E-state index in [-0.39, 0.29) is 11.7 Å². The van der Waals surface area contributed by atoms with Crippen LogP contribution in [0.3, 0.4) is 0 Å². The molecule has 1 saturated heterocycles. The first-order valence-corrected chi connectivity index (χ1v) is 7.61. The van der Waals surface area contributed by atoms with E-state index >= 15 is 0 Å². The second kappa shape index (κ2) is 5.33. The number of hydrogen-bond acceptors (Lipinski definition) is 6. The van der Waals surface area contributed by atoms with Gasteiger partial charge in [0, 0.05) is 19.0 Å². The van der Waals surface area contributed by atoms with Crippen molar-refractivity contribution in [2.24, 2.45) is 0 Å². The number of hydrogen-bond donors (Lipinski definition) is 0. The highest BCUT2D eigenvalue weighted by Crippen LogP contribution is 2.42. The quantitative estimate of drug-likeness (QED) is 0.625. The number of esters is 1. The molecule has 4 heterocycles. The molecule has 0 spiro atoms. The molecule has 0 aliphatic carbocycles. The van der Waals surface area contributed by atoms with Crippen molar-refractivity contribution < 1.29 is 9.53 Å². The minimum absolute atomic E-state index is 0.186. The van der Waals surface area contributed by atoms with Gasteiger partial charge in [0.05, 0.1) is 29.8 Å². The Kier molecular flexibility index (Phi) is 3.53. The van der Waals surface area contributed by atoms with Crippen LogP contribution in [0.4, 0.5) is 5.69 Å². The standard InChI is InChI=1S/C14H15N3O2S/c1-19-12(18)8-20-14-10(7-15)6-11-13(16-14)9-2-4-17(11)5-3-9/h6,9H,2-5,8H2,1H3. The molecule has 2 bridgehead atoms. The van der Waals surface area contributed by atoms with Crippen LogP contribution in [0, 0.1) is 11.3 Å². The summed E-state index contributed by atoms with van der Waals surface area (Å²) in [5.41, 5.74) is 2.74.